The molecule has 0 bridgehead atoms. The average molecular weight is 267 g/mol. The third kappa shape index (κ3) is 3.43. The number of rotatable bonds is 4. The van der Waals surface area contributed by atoms with Crippen molar-refractivity contribution in [3.63, 3.8) is 0 Å². The summed E-state index contributed by atoms with van der Waals surface area (Å²) in [5, 5.41) is 10.8. The highest BCUT2D eigenvalue weighted by Crippen LogP contribution is 2.32. The minimum absolute atomic E-state index is 0.0308. The summed E-state index contributed by atoms with van der Waals surface area (Å²) < 4.78 is 18.9. The highest BCUT2D eigenvalue weighted by atomic mass is 19.1. The van der Waals surface area contributed by atoms with Gasteiger partial charge in [-0.25, -0.2) is 0 Å². The normalized spacial score (nSPS) is 23.1. The molecule has 1 aromatic rings. The third-order valence-electron chi connectivity index (χ3n) is 3.65. The minimum Gasteiger partial charge on any atom is -0.486 e. The van der Waals surface area contributed by atoms with Crippen molar-refractivity contribution in [3.8, 4) is 5.75 Å². The summed E-state index contributed by atoms with van der Waals surface area (Å²) in [7, 11) is 0. The number of nitrogens with zero attached hydrogens (tertiary/aromatic N) is 1. The first-order valence-corrected chi connectivity index (χ1v) is 6.63. The van der Waals surface area contributed by atoms with Crippen molar-refractivity contribution in [1.29, 1.82) is 0 Å². The maximum atomic E-state index is 13.4. The lowest BCUT2D eigenvalue weighted by molar-refractivity contribution is -0.388. The van der Waals surface area contributed by atoms with Crippen LogP contribution < -0.4 is 4.74 Å². The number of nitro groups is 1. The lowest BCUT2D eigenvalue weighted by atomic mass is 9.83. The van der Waals surface area contributed by atoms with E-state index in [1.54, 1.807) is 0 Å². The Balaban J connectivity index is 2.03. The van der Waals surface area contributed by atoms with Crippen molar-refractivity contribution in [2.24, 2.45) is 11.8 Å². The number of nitro benzene ring substituents is 1. The van der Waals surface area contributed by atoms with Crippen molar-refractivity contribution >= 4 is 5.69 Å². The molecule has 0 spiro atoms. The molecule has 5 heteroatoms. The zero-order valence-corrected chi connectivity index (χ0v) is 11.0. The Morgan fingerprint density at radius 3 is 2.95 bits per heavy atom. The van der Waals surface area contributed by atoms with E-state index in [1.165, 1.54) is 25.0 Å². The van der Waals surface area contributed by atoms with Gasteiger partial charge in [0.1, 0.15) is 0 Å². The molecule has 2 rings (SSSR count). The smallest absolute Gasteiger partial charge is 0.346 e. The zero-order valence-electron chi connectivity index (χ0n) is 11.0. The van der Waals surface area contributed by atoms with E-state index in [0.29, 0.717) is 18.4 Å². The summed E-state index contributed by atoms with van der Waals surface area (Å²) in [6.45, 7) is 2.63. The van der Waals surface area contributed by atoms with Gasteiger partial charge < -0.3 is 4.74 Å². The Bertz CT molecular complexity index is 464. The van der Waals surface area contributed by atoms with Gasteiger partial charge in [-0.15, -0.1) is 0 Å². The minimum atomic E-state index is -0.848. The third-order valence-corrected chi connectivity index (χ3v) is 3.65. The quantitative estimate of drug-likeness (QED) is 0.613. The molecule has 0 aromatic heterocycles. The highest BCUT2D eigenvalue weighted by Gasteiger charge is 2.24. The summed E-state index contributed by atoms with van der Waals surface area (Å²) in [4.78, 5) is 10.1. The van der Waals surface area contributed by atoms with Crippen LogP contribution in [0.25, 0.3) is 0 Å². The van der Waals surface area contributed by atoms with Crippen molar-refractivity contribution in [2.75, 3.05) is 6.61 Å². The van der Waals surface area contributed by atoms with E-state index in [9.17, 15) is 14.5 Å². The molecule has 1 fully saturated rings. The van der Waals surface area contributed by atoms with Crippen LogP contribution in [0.3, 0.4) is 0 Å². The van der Waals surface area contributed by atoms with Gasteiger partial charge in [-0.1, -0.05) is 25.8 Å². The number of hydrogen-bond donors (Lipinski definition) is 0. The summed E-state index contributed by atoms with van der Waals surface area (Å²) >= 11 is 0. The number of ether oxygens (including phenoxy) is 1. The van der Waals surface area contributed by atoms with Crippen LogP contribution in [-0.2, 0) is 0 Å². The summed E-state index contributed by atoms with van der Waals surface area (Å²) in [5.41, 5.74) is -0.564. The molecule has 4 nitrogen and oxygen atoms in total. The molecule has 1 aromatic carbocycles. The monoisotopic (exact) mass is 267 g/mol. The zero-order chi connectivity index (χ0) is 13.8. The van der Waals surface area contributed by atoms with Crippen LogP contribution in [0.4, 0.5) is 10.1 Å². The first kappa shape index (κ1) is 13.8. The number of para-hydroxylation sites is 1. The molecule has 0 N–H and O–H groups in total. The molecule has 0 radical (unpaired) electrons. The molecule has 19 heavy (non-hydrogen) atoms. The predicted octanol–water partition coefficient (Wildman–Crippen LogP) is 3.94. The predicted molar refractivity (Wildman–Crippen MR) is 69.7 cm³/mol. The summed E-state index contributed by atoms with van der Waals surface area (Å²) in [5.74, 6) is 0.263. The van der Waals surface area contributed by atoms with Crippen LogP contribution in [0.1, 0.15) is 32.6 Å². The molecule has 1 saturated carbocycles. The Hall–Kier alpha value is -1.65. The van der Waals surface area contributed by atoms with Gasteiger partial charge in [0.25, 0.3) is 0 Å². The lowest BCUT2D eigenvalue weighted by Crippen LogP contribution is -2.20. The molecule has 0 saturated heterocycles. The van der Waals surface area contributed by atoms with Gasteiger partial charge in [0.05, 0.1) is 11.5 Å². The fourth-order valence-electron chi connectivity index (χ4n) is 2.71. The Labute approximate surface area is 111 Å². The van der Waals surface area contributed by atoms with Gasteiger partial charge in [-0.2, -0.15) is 4.39 Å². The molecule has 0 heterocycles. The van der Waals surface area contributed by atoms with Gasteiger partial charge in [0.2, 0.25) is 5.82 Å². The molecule has 104 valence electrons. The van der Waals surface area contributed by atoms with Crippen molar-refractivity contribution < 1.29 is 14.1 Å². The molecule has 1 aliphatic rings. The number of hydrogen-bond acceptors (Lipinski definition) is 3. The Morgan fingerprint density at radius 2 is 2.26 bits per heavy atom. The van der Waals surface area contributed by atoms with Crippen LogP contribution in [-0.4, -0.2) is 11.5 Å². The van der Waals surface area contributed by atoms with E-state index in [-0.39, 0.29) is 5.75 Å². The van der Waals surface area contributed by atoms with E-state index in [2.05, 4.69) is 6.92 Å². The molecular weight excluding hydrogens is 249 g/mol. The fraction of sp³-hybridized carbons (Fsp3) is 0.571. The molecular formula is C14H18FNO3. The van der Waals surface area contributed by atoms with Crippen molar-refractivity contribution in [2.45, 2.75) is 32.6 Å². The molecule has 0 aliphatic heterocycles. The van der Waals surface area contributed by atoms with E-state index >= 15 is 0 Å². The van der Waals surface area contributed by atoms with Crippen LogP contribution in [0, 0.1) is 27.8 Å². The molecule has 2 unspecified atom stereocenters. The maximum absolute atomic E-state index is 13.4. The average Bonchev–Trinajstić information content (AvgIpc) is 2.36. The second kappa shape index (κ2) is 5.99. The SMILES string of the molecule is CC1CCCC(COc2cccc(F)c2[N+](=O)[O-])C1. The Morgan fingerprint density at radius 1 is 1.47 bits per heavy atom. The van der Waals surface area contributed by atoms with E-state index < -0.39 is 16.4 Å². The largest absolute Gasteiger partial charge is 0.486 e. The van der Waals surface area contributed by atoms with Crippen LogP contribution in [0.2, 0.25) is 0 Å². The van der Waals surface area contributed by atoms with Gasteiger partial charge in [-0.3, -0.25) is 10.1 Å². The summed E-state index contributed by atoms with van der Waals surface area (Å²) in [6.07, 6.45) is 4.55. The molecule has 1 aliphatic carbocycles. The van der Waals surface area contributed by atoms with Crippen LogP contribution in [0.5, 0.6) is 5.75 Å². The van der Waals surface area contributed by atoms with Gasteiger partial charge in [0.15, 0.2) is 5.75 Å². The lowest BCUT2D eigenvalue weighted by Gasteiger charge is -2.26. The van der Waals surface area contributed by atoms with Crippen LogP contribution in [0.15, 0.2) is 18.2 Å². The maximum Gasteiger partial charge on any atom is 0.346 e. The second-order valence-corrected chi connectivity index (χ2v) is 5.29. The standard InChI is InChI=1S/C14H18FNO3/c1-10-4-2-5-11(8-10)9-19-13-7-3-6-12(15)14(13)16(17)18/h3,6-7,10-11H,2,4-5,8-9H2,1H3. The summed E-state index contributed by atoms with van der Waals surface area (Å²) in [6, 6.07) is 3.96. The van der Waals surface area contributed by atoms with E-state index in [0.717, 1.165) is 18.9 Å². The van der Waals surface area contributed by atoms with Gasteiger partial charge in [-0.05, 0) is 36.8 Å². The fourth-order valence-corrected chi connectivity index (χ4v) is 2.71. The molecule has 2 atom stereocenters. The van der Waals surface area contributed by atoms with E-state index in [4.69, 9.17) is 4.74 Å². The highest BCUT2D eigenvalue weighted by molar-refractivity contribution is 5.47. The first-order chi connectivity index (χ1) is 9.08. The van der Waals surface area contributed by atoms with Crippen LogP contribution >= 0.6 is 0 Å². The van der Waals surface area contributed by atoms with Crippen molar-refractivity contribution in [1.82, 2.24) is 0 Å². The number of benzene rings is 1. The number of halogens is 1. The first-order valence-electron chi connectivity index (χ1n) is 6.63. The Kier molecular flexibility index (Phi) is 4.35. The molecule has 0 amide bonds. The van der Waals surface area contributed by atoms with Gasteiger partial charge >= 0.3 is 5.69 Å². The topological polar surface area (TPSA) is 52.4 Å². The van der Waals surface area contributed by atoms with Crippen molar-refractivity contribution in [3.05, 3.63) is 34.1 Å². The van der Waals surface area contributed by atoms with Gasteiger partial charge in [0, 0.05) is 0 Å². The van der Waals surface area contributed by atoms with E-state index in [1.807, 2.05) is 0 Å². The second-order valence-electron chi connectivity index (χ2n) is 5.29.